The molecule has 0 radical (unpaired) electrons. The fourth-order valence-corrected chi connectivity index (χ4v) is 4.84. The van der Waals surface area contributed by atoms with E-state index in [0.29, 0.717) is 16.8 Å². The van der Waals surface area contributed by atoms with Gasteiger partial charge < -0.3 is 10.1 Å². The number of anilines is 2. The number of ketones is 1. The maximum absolute atomic E-state index is 13.6. The summed E-state index contributed by atoms with van der Waals surface area (Å²) in [6.07, 6.45) is 0. The molecule has 172 valence electrons. The Kier molecular flexibility index (Phi) is 7.13. The van der Waals surface area contributed by atoms with E-state index in [1.54, 1.807) is 31.2 Å². The minimum atomic E-state index is -4.27. The number of nitrogens with one attached hydrogen (secondary N) is 1. The number of hydrogen-bond acceptors (Lipinski definition) is 5. The Labute approximate surface area is 191 Å². The summed E-state index contributed by atoms with van der Waals surface area (Å²) in [4.78, 5) is 24.3. The van der Waals surface area contributed by atoms with Gasteiger partial charge in [0, 0.05) is 11.3 Å². The highest BCUT2D eigenvalue weighted by Crippen LogP contribution is 2.31. The number of hydrogen-bond donors (Lipinski definition) is 1. The van der Waals surface area contributed by atoms with Crippen molar-refractivity contribution < 1.29 is 27.1 Å². The number of carbonyl (C=O) groups is 2. The number of halogens is 1. The first-order valence-corrected chi connectivity index (χ1v) is 11.4. The minimum Gasteiger partial charge on any atom is -0.495 e. The zero-order chi connectivity index (χ0) is 24.2. The molecule has 3 aromatic rings. The Morgan fingerprint density at radius 2 is 1.73 bits per heavy atom. The third-order valence-corrected chi connectivity index (χ3v) is 6.64. The highest BCUT2D eigenvalue weighted by molar-refractivity contribution is 7.93. The lowest BCUT2D eigenvalue weighted by Crippen LogP contribution is -2.38. The number of nitrogens with zero attached hydrogens (tertiary/aromatic N) is 1. The van der Waals surface area contributed by atoms with Crippen molar-refractivity contribution in [2.75, 3.05) is 23.3 Å². The maximum Gasteiger partial charge on any atom is 0.268 e. The number of carbonyl (C=O) groups excluding carboxylic acids is 2. The molecule has 0 bridgehead atoms. The van der Waals surface area contributed by atoms with E-state index in [9.17, 15) is 22.4 Å². The number of methoxy groups -OCH3 is 1. The van der Waals surface area contributed by atoms with Crippen LogP contribution in [0.25, 0.3) is 0 Å². The molecule has 0 atom stereocenters. The summed E-state index contributed by atoms with van der Waals surface area (Å²) in [5, 5.41) is 2.61. The highest BCUT2D eigenvalue weighted by atomic mass is 32.2. The number of ether oxygens (including phenoxy) is 1. The molecule has 0 aliphatic heterocycles. The van der Waals surface area contributed by atoms with Crippen LogP contribution in [0.1, 0.15) is 22.8 Å². The Balaban J connectivity index is 2.00. The molecule has 33 heavy (non-hydrogen) atoms. The van der Waals surface area contributed by atoms with Gasteiger partial charge in [0.15, 0.2) is 5.78 Å². The van der Waals surface area contributed by atoms with Gasteiger partial charge >= 0.3 is 0 Å². The minimum absolute atomic E-state index is 0.104. The molecule has 0 saturated carbocycles. The summed E-state index contributed by atoms with van der Waals surface area (Å²) < 4.78 is 46.8. The van der Waals surface area contributed by atoms with Gasteiger partial charge in [0.05, 0.1) is 12.8 Å². The van der Waals surface area contributed by atoms with Crippen LogP contribution in [0.2, 0.25) is 0 Å². The van der Waals surface area contributed by atoms with Crippen molar-refractivity contribution in [2.45, 2.75) is 18.7 Å². The summed E-state index contributed by atoms with van der Waals surface area (Å²) in [6.45, 7) is 2.55. The maximum atomic E-state index is 13.6. The van der Waals surface area contributed by atoms with Crippen LogP contribution in [0, 0.1) is 12.7 Å². The van der Waals surface area contributed by atoms with Crippen LogP contribution in [-0.2, 0) is 14.8 Å². The van der Waals surface area contributed by atoms with Gasteiger partial charge in [-0.25, -0.2) is 12.8 Å². The first-order chi connectivity index (χ1) is 15.6. The van der Waals surface area contributed by atoms with Crippen molar-refractivity contribution >= 4 is 33.1 Å². The number of aryl methyl sites for hydroxylation is 1. The van der Waals surface area contributed by atoms with Crippen molar-refractivity contribution in [1.29, 1.82) is 0 Å². The fourth-order valence-electron chi connectivity index (χ4n) is 3.17. The molecular weight excluding hydrogens is 447 g/mol. The number of benzene rings is 3. The van der Waals surface area contributed by atoms with Crippen LogP contribution >= 0.6 is 0 Å². The normalized spacial score (nSPS) is 11.0. The average molecular weight is 471 g/mol. The highest BCUT2D eigenvalue weighted by Gasteiger charge is 2.30. The summed E-state index contributed by atoms with van der Waals surface area (Å²) >= 11 is 0. The Hall–Kier alpha value is -3.72. The average Bonchev–Trinajstić information content (AvgIpc) is 2.78. The quantitative estimate of drug-likeness (QED) is 0.499. The molecule has 3 aromatic carbocycles. The van der Waals surface area contributed by atoms with Crippen LogP contribution in [-0.4, -0.2) is 33.8 Å². The molecule has 0 aliphatic carbocycles. The first-order valence-electron chi connectivity index (χ1n) is 9.95. The smallest absolute Gasteiger partial charge is 0.268 e. The van der Waals surface area contributed by atoms with Crippen molar-refractivity contribution in [3.63, 3.8) is 0 Å². The molecular formula is C24H23FN2O5S. The molecule has 0 spiro atoms. The van der Waals surface area contributed by atoms with Crippen LogP contribution in [0.15, 0.2) is 71.6 Å². The molecule has 7 nitrogen and oxygen atoms in total. The summed E-state index contributed by atoms with van der Waals surface area (Å²) in [6, 6.07) is 15.8. The van der Waals surface area contributed by atoms with E-state index >= 15 is 0 Å². The molecule has 0 heterocycles. The molecule has 0 unspecified atom stereocenters. The van der Waals surface area contributed by atoms with Crippen LogP contribution in [0.4, 0.5) is 15.8 Å². The van der Waals surface area contributed by atoms with E-state index in [-0.39, 0.29) is 22.1 Å². The lowest BCUT2D eigenvalue weighted by atomic mass is 10.1. The zero-order valence-corrected chi connectivity index (χ0v) is 19.1. The molecule has 1 N–H and O–H groups in total. The first kappa shape index (κ1) is 23.9. The number of Topliss-reactive ketones (excluding diaryl/α,β-unsaturated/α-hetero) is 1. The molecule has 0 saturated heterocycles. The molecule has 0 fully saturated rings. The number of rotatable bonds is 8. The van der Waals surface area contributed by atoms with Gasteiger partial charge in [-0.1, -0.05) is 18.2 Å². The van der Waals surface area contributed by atoms with Gasteiger partial charge in [0.2, 0.25) is 5.91 Å². The second-order valence-corrected chi connectivity index (χ2v) is 9.16. The van der Waals surface area contributed by atoms with E-state index < -0.39 is 28.3 Å². The third-order valence-electron chi connectivity index (χ3n) is 4.84. The van der Waals surface area contributed by atoms with Crippen molar-refractivity contribution in [1.82, 2.24) is 0 Å². The SMILES string of the molecule is COc1ccc(C)cc1S(=O)(=O)N(CC(=O)Nc1cccc(C(C)=O)c1)c1ccc(F)cc1. The summed E-state index contributed by atoms with van der Waals surface area (Å²) in [5.74, 6) is -1.25. The lowest BCUT2D eigenvalue weighted by Gasteiger charge is -2.25. The van der Waals surface area contributed by atoms with E-state index in [1.807, 2.05) is 0 Å². The van der Waals surface area contributed by atoms with E-state index in [1.165, 1.54) is 44.4 Å². The monoisotopic (exact) mass is 470 g/mol. The lowest BCUT2D eigenvalue weighted by molar-refractivity contribution is -0.114. The zero-order valence-electron chi connectivity index (χ0n) is 18.3. The predicted molar refractivity (Wildman–Crippen MR) is 124 cm³/mol. The molecule has 9 heteroatoms. The molecule has 0 aromatic heterocycles. The Morgan fingerprint density at radius 1 is 1.03 bits per heavy atom. The fraction of sp³-hybridized carbons (Fsp3) is 0.167. The van der Waals surface area contributed by atoms with Crippen LogP contribution < -0.4 is 14.4 Å². The van der Waals surface area contributed by atoms with Gasteiger partial charge in [0.1, 0.15) is 23.0 Å². The van der Waals surface area contributed by atoms with Crippen molar-refractivity contribution in [2.24, 2.45) is 0 Å². The van der Waals surface area contributed by atoms with Crippen molar-refractivity contribution in [3.8, 4) is 5.75 Å². The molecule has 3 rings (SSSR count). The Morgan fingerprint density at radius 3 is 2.36 bits per heavy atom. The van der Waals surface area contributed by atoms with Gasteiger partial charge in [-0.3, -0.25) is 13.9 Å². The third kappa shape index (κ3) is 5.56. The van der Waals surface area contributed by atoms with Gasteiger partial charge in [-0.2, -0.15) is 0 Å². The summed E-state index contributed by atoms with van der Waals surface area (Å²) in [7, 11) is -2.92. The van der Waals surface area contributed by atoms with Crippen LogP contribution in [0.5, 0.6) is 5.75 Å². The summed E-state index contributed by atoms with van der Waals surface area (Å²) in [5.41, 5.74) is 1.53. The standard InChI is InChI=1S/C24H23FN2O5S/c1-16-7-12-22(32-3)23(13-16)33(30,31)27(21-10-8-19(25)9-11-21)15-24(29)26-20-6-4-5-18(14-20)17(2)28/h4-14H,15H2,1-3H3,(H,26,29). The van der Waals surface area contributed by atoms with E-state index in [4.69, 9.17) is 4.74 Å². The second kappa shape index (κ2) is 9.83. The van der Waals surface area contributed by atoms with Gasteiger partial charge in [-0.15, -0.1) is 0 Å². The largest absolute Gasteiger partial charge is 0.495 e. The number of amides is 1. The van der Waals surface area contributed by atoms with Gasteiger partial charge in [-0.05, 0) is 67.9 Å². The van der Waals surface area contributed by atoms with E-state index in [2.05, 4.69) is 5.32 Å². The second-order valence-electron chi connectivity index (χ2n) is 7.33. The molecule has 1 amide bonds. The Bertz CT molecular complexity index is 1290. The molecule has 0 aliphatic rings. The topological polar surface area (TPSA) is 92.8 Å². The number of sulfonamides is 1. The predicted octanol–water partition coefficient (Wildman–Crippen LogP) is 4.18. The van der Waals surface area contributed by atoms with E-state index in [0.717, 1.165) is 16.4 Å². The van der Waals surface area contributed by atoms with Crippen LogP contribution in [0.3, 0.4) is 0 Å². The van der Waals surface area contributed by atoms with Crippen molar-refractivity contribution in [3.05, 3.63) is 83.7 Å². The van der Waals surface area contributed by atoms with Gasteiger partial charge in [0.25, 0.3) is 10.0 Å².